The van der Waals surface area contributed by atoms with E-state index < -0.39 is 5.97 Å². The fourth-order valence-corrected chi connectivity index (χ4v) is 2.10. The Morgan fingerprint density at radius 2 is 2.09 bits per heavy atom. The molecule has 0 aliphatic rings. The van der Waals surface area contributed by atoms with E-state index in [1.54, 1.807) is 6.08 Å². The summed E-state index contributed by atoms with van der Waals surface area (Å²) < 4.78 is 10.6. The van der Waals surface area contributed by atoms with Gasteiger partial charge in [-0.3, -0.25) is 0 Å². The fraction of sp³-hybridized carbons (Fsp3) is 0.111. The third-order valence-electron chi connectivity index (χ3n) is 3.13. The van der Waals surface area contributed by atoms with Crippen LogP contribution in [0.25, 0.3) is 17.2 Å². The van der Waals surface area contributed by atoms with E-state index in [9.17, 15) is 4.79 Å². The first-order chi connectivity index (χ1) is 10.7. The predicted molar refractivity (Wildman–Crippen MR) is 84.0 cm³/mol. The molecule has 0 aliphatic carbocycles. The lowest BCUT2D eigenvalue weighted by Gasteiger charge is -1.98. The summed E-state index contributed by atoms with van der Waals surface area (Å²) in [6.07, 6.45) is 3.12. The van der Waals surface area contributed by atoms with Gasteiger partial charge in [-0.15, -0.1) is 0 Å². The van der Waals surface area contributed by atoms with E-state index >= 15 is 0 Å². The molecule has 0 unspecified atom stereocenters. The summed E-state index contributed by atoms with van der Waals surface area (Å²) in [5.74, 6) is -0.0396. The van der Waals surface area contributed by atoms with Gasteiger partial charge in [0, 0.05) is 6.08 Å². The van der Waals surface area contributed by atoms with E-state index in [4.69, 9.17) is 9.15 Å². The molecule has 2 aromatic carbocycles. The molecular weight excluding hydrogens is 278 g/mol. The van der Waals surface area contributed by atoms with E-state index in [0.29, 0.717) is 11.5 Å². The summed E-state index contributed by atoms with van der Waals surface area (Å²) in [5, 5.41) is 0. The molecule has 0 amide bonds. The first kappa shape index (κ1) is 14.1. The molecule has 0 saturated heterocycles. The predicted octanol–water partition coefficient (Wildman–Crippen LogP) is 3.89. The number of hydrogen-bond donors (Lipinski definition) is 0. The minimum Gasteiger partial charge on any atom is -0.453 e. The van der Waals surface area contributed by atoms with Crippen molar-refractivity contribution < 1.29 is 13.9 Å². The largest absolute Gasteiger partial charge is 0.453 e. The van der Waals surface area contributed by atoms with E-state index in [1.165, 1.54) is 6.08 Å². The minimum absolute atomic E-state index is 0.0195. The molecule has 0 N–H and O–H groups in total. The molecule has 3 rings (SSSR count). The van der Waals surface area contributed by atoms with E-state index in [2.05, 4.69) is 4.98 Å². The monoisotopic (exact) mass is 293 g/mol. The fourth-order valence-electron chi connectivity index (χ4n) is 2.10. The van der Waals surface area contributed by atoms with E-state index in [-0.39, 0.29) is 6.61 Å². The van der Waals surface area contributed by atoms with Crippen LogP contribution in [-0.2, 0) is 16.1 Å². The second kappa shape index (κ2) is 6.26. The molecule has 0 saturated carbocycles. The van der Waals surface area contributed by atoms with E-state index in [1.807, 2.05) is 55.5 Å². The number of aryl methyl sites for hydroxylation is 1. The zero-order valence-electron chi connectivity index (χ0n) is 12.2. The standard InChI is InChI=1S/C18H15NO3/c1-13-5-4-6-14(11-13)9-10-18(20)21-12-17-19-15-7-2-3-8-16(15)22-17/h2-11H,12H2,1H3. The van der Waals surface area contributed by atoms with Crippen molar-refractivity contribution in [3.8, 4) is 0 Å². The number of ether oxygens (including phenoxy) is 1. The van der Waals surface area contributed by atoms with Crippen LogP contribution < -0.4 is 0 Å². The highest BCUT2D eigenvalue weighted by Gasteiger charge is 2.06. The summed E-state index contributed by atoms with van der Waals surface area (Å²) in [5.41, 5.74) is 3.54. The van der Waals surface area contributed by atoms with Crippen molar-refractivity contribution in [3.63, 3.8) is 0 Å². The third-order valence-corrected chi connectivity index (χ3v) is 3.13. The number of esters is 1. The molecular formula is C18H15NO3. The number of hydrogen-bond acceptors (Lipinski definition) is 4. The van der Waals surface area contributed by atoms with Crippen molar-refractivity contribution in [3.05, 3.63) is 71.6 Å². The summed E-state index contributed by atoms with van der Waals surface area (Å²) in [6, 6.07) is 15.3. The molecule has 110 valence electrons. The molecule has 0 radical (unpaired) electrons. The smallest absolute Gasteiger partial charge is 0.331 e. The van der Waals surface area contributed by atoms with Crippen LogP contribution >= 0.6 is 0 Å². The van der Waals surface area contributed by atoms with Crippen LogP contribution in [0.2, 0.25) is 0 Å². The lowest BCUT2D eigenvalue weighted by molar-refractivity contribution is -0.139. The molecule has 4 nitrogen and oxygen atoms in total. The molecule has 0 atom stereocenters. The zero-order valence-corrected chi connectivity index (χ0v) is 12.2. The van der Waals surface area contributed by atoms with Crippen molar-refractivity contribution in [1.82, 2.24) is 4.98 Å². The SMILES string of the molecule is Cc1cccc(C=CC(=O)OCc2nc3ccccc3o2)c1. The summed E-state index contributed by atoms with van der Waals surface area (Å²) >= 11 is 0. The maximum absolute atomic E-state index is 11.7. The van der Waals surface area contributed by atoms with Gasteiger partial charge in [0.05, 0.1) is 0 Å². The molecule has 1 heterocycles. The van der Waals surface area contributed by atoms with Crippen molar-refractivity contribution in [2.45, 2.75) is 13.5 Å². The molecule has 0 fully saturated rings. The van der Waals surface area contributed by atoms with Crippen LogP contribution in [0, 0.1) is 6.92 Å². The van der Waals surface area contributed by atoms with Gasteiger partial charge in [-0.25, -0.2) is 9.78 Å². The Hall–Kier alpha value is -2.88. The number of para-hydroxylation sites is 2. The number of benzene rings is 2. The number of oxazole rings is 1. The van der Waals surface area contributed by atoms with Gasteiger partial charge < -0.3 is 9.15 Å². The molecule has 0 spiro atoms. The minimum atomic E-state index is -0.427. The number of carbonyl (C=O) groups is 1. The highest BCUT2D eigenvalue weighted by atomic mass is 16.5. The van der Waals surface area contributed by atoms with Gasteiger partial charge in [0.2, 0.25) is 5.89 Å². The summed E-state index contributed by atoms with van der Waals surface area (Å²) in [7, 11) is 0. The summed E-state index contributed by atoms with van der Waals surface area (Å²) in [6.45, 7) is 2.02. The van der Waals surface area contributed by atoms with Gasteiger partial charge >= 0.3 is 5.97 Å². The molecule has 0 bridgehead atoms. The molecule has 0 aliphatic heterocycles. The molecule has 4 heteroatoms. The molecule has 22 heavy (non-hydrogen) atoms. The average Bonchev–Trinajstić information content (AvgIpc) is 2.94. The van der Waals surface area contributed by atoms with Crippen LogP contribution in [0.4, 0.5) is 0 Å². The Kier molecular flexibility index (Phi) is 4.01. The van der Waals surface area contributed by atoms with E-state index in [0.717, 1.165) is 16.6 Å². The molecule has 3 aromatic rings. The Bertz CT molecular complexity index is 800. The maximum Gasteiger partial charge on any atom is 0.331 e. The number of rotatable bonds is 4. The zero-order chi connectivity index (χ0) is 15.4. The van der Waals surface area contributed by atoms with Crippen LogP contribution in [0.1, 0.15) is 17.0 Å². The highest BCUT2D eigenvalue weighted by Crippen LogP contribution is 2.15. The Morgan fingerprint density at radius 1 is 1.23 bits per heavy atom. The second-order valence-corrected chi connectivity index (χ2v) is 4.93. The van der Waals surface area contributed by atoms with Crippen molar-refractivity contribution in [2.75, 3.05) is 0 Å². The topological polar surface area (TPSA) is 52.3 Å². The number of carbonyl (C=O) groups excluding carboxylic acids is 1. The Labute approximate surface area is 128 Å². The first-order valence-corrected chi connectivity index (χ1v) is 6.97. The number of fused-ring (bicyclic) bond motifs is 1. The quantitative estimate of drug-likeness (QED) is 0.541. The summed E-state index contributed by atoms with van der Waals surface area (Å²) in [4.78, 5) is 16.0. The van der Waals surface area contributed by atoms with Gasteiger partial charge in [0.15, 0.2) is 12.2 Å². The average molecular weight is 293 g/mol. The Morgan fingerprint density at radius 3 is 2.91 bits per heavy atom. The van der Waals surface area contributed by atoms with Gasteiger partial charge in [-0.05, 0) is 30.7 Å². The van der Waals surface area contributed by atoms with Crippen LogP contribution in [0.3, 0.4) is 0 Å². The lowest BCUT2D eigenvalue weighted by Crippen LogP contribution is -2.00. The normalized spacial score (nSPS) is 11.1. The first-order valence-electron chi connectivity index (χ1n) is 6.97. The van der Waals surface area contributed by atoms with Gasteiger partial charge in [0.1, 0.15) is 5.52 Å². The number of aromatic nitrogens is 1. The van der Waals surface area contributed by atoms with Crippen LogP contribution in [0.15, 0.2) is 59.0 Å². The van der Waals surface area contributed by atoms with Gasteiger partial charge in [-0.2, -0.15) is 0 Å². The van der Waals surface area contributed by atoms with Gasteiger partial charge in [-0.1, -0.05) is 42.0 Å². The van der Waals surface area contributed by atoms with Crippen molar-refractivity contribution in [2.24, 2.45) is 0 Å². The van der Waals surface area contributed by atoms with Crippen LogP contribution in [-0.4, -0.2) is 11.0 Å². The van der Waals surface area contributed by atoms with Crippen molar-refractivity contribution >= 4 is 23.1 Å². The maximum atomic E-state index is 11.7. The molecule has 1 aromatic heterocycles. The third kappa shape index (κ3) is 3.41. The Balaban J connectivity index is 1.60. The van der Waals surface area contributed by atoms with Gasteiger partial charge in [0.25, 0.3) is 0 Å². The number of nitrogens with zero attached hydrogens (tertiary/aromatic N) is 1. The van der Waals surface area contributed by atoms with Crippen LogP contribution in [0.5, 0.6) is 0 Å². The highest BCUT2D eigenvalue weighted by molar-refractivity contribution is 5.87. The lowest BCUT2D eigenvalue weighted by atomic mass is 10.1. The second-order valence-electron chi connectivity index (χ2n) is 4.93. The van der Waals surface area contributed by atoms with Crippen molar-refractivity contribution in [1.29, 1.82) is 0 Å².